The molecule has 0 atom stereocenters. The molecule has 102 valence electrons. The van der Waals surface area contributed by atoms with Crippen molar-refractivity contribution in [3.05, 3.63) is 34.3 Å². The monoisotopic (exact) mass is 278 g/mol. The van der Waals surface area contributed by atoms with Crippen LogP contribution in [0.2, 0.25) is 0 Å². The predicted molar refractivity (Wildman–Crippen MR) is 78.1 cm³/mol. The average molecular weight is 278 g/mol. The lowest BCUT2D eigenvalue weighted by molar-refractivity contribution is 0.313. The van der Waals surface area contributed by atoms with Crippen LogP contribution in [-0.4, -0.2) is 18.2 Å². The Balaban J connectivity index is 1.92. The number of hydrogen-bond acceptors (Lipinski definition) is 5. The van der Waals surface area contributed by atoms with Gasteiger partial charge >= 0.3 is 0 Å². The highest BCUT2D eigenvalue weighted by Gasteiger charge is 2.04. The first kappa shape index (κ1) is 13.7. The SMILES string of the molecule is CCOc1cc(OCCc2scnc2C)ccc1N. The lowest BCUT2D eigenvalue weighted by Gasteiger charge is -2.10. The number of aromatic nitrogens is 1. The normalized spacial score (nSPS) is 10.4. The molecule has 0 amide bonds. The Morgan fingerprint density at radius 1 is 1.32 bits per heavy atom. The van der Waals surface area contributed by atoms with E-state index in [1.165, 1.54) is 4.88 Å². The van der Waals surface area contributed by atoms with Crippen molar-refractivity contribution in [1.29, 1.82) is 0 Å². The number of aryl methyl sites for hydroxylation is 1. The van der Waals surface area contributed by atoms with Crippen LogP contribution in [0.3, 0.4) is 0 Å². The Morgan fingerprint density at radius 2 is 2.16 bits per heavy atom. The van der Waals surface area contributed by atoms with Crippen molar-refractivity contribution in [2.75, 3.05) is 18.9 Å². The summed E-state index contributed by atoms with van der Waals surface area (Å²) in [5.74, 6) is 1.45. The van der Waals surface area contributed by atoms with Gasteiger partial charge in [0.2, 0.25) is 0 Å². The molecule has 1 aromatic carbocycles. The van der Waals surface area contributed by atoms with Gasteiger partial charge in [0.05, 0.1) is 30.1 Å². The topological polar surface area (TPSA) is 57.4 Å². The molecule has 0 aliphatic carbocycles. The number of ether oxygens (including phenoxy) is 2. The standard InChI is InChI=1S/C14H18N2O2S/c1-3-17-13-8-11(4-5-12(13)15)18-7-6-14-10(2)16-9-19-14/h4-5,8-9H,3,6-7,15H2,1-2H3. The Labute approximate surface area is 117 Å². The molecule has 19 heavy (non-hydrogen) atoms. The first-order valence-electron chi connectivity index (χ1n) is 6.24. The lowest BCUT2D eigenvalue weighted by atomic mass is 10.3. The van der Waals surface area contributed by atoms with E-state index in [1.807, 2.05) is 31.5 Å². The van der Waals surface area contributed by atoms with Crippen LogP contribution in [0.25, 0.3) is 0 Å². The molecule has 0 aliphatic rings. The number of hydrogen-bond donors (Lipinski definition) is 1. The van der Waals surface area contributed by atoms with Gasteiger partial charge in [0.1, 0.15) is 11.5 Å². The highest BCUT2D eigenvalue weighted by Crippen LogP contribution is 2.27. The molecule has 0 saturated carbocycles. The van der Waals surface area contributed by atoms with Crippen LogP contribution >= 0.6 is 11.3 Å². The fourth-order valence-corrected chi connectivity index (χ4v) is 2.48. The maximum absolute atomic E-state index is 5.81. The smallest absolute Gasteiger partial charge is 0.145 e. The highest BCUT2D eigenvalue weighted by molar-refractivity contribution is 7.09. The average Bonchev–Trinajstić information content (AvgIpc) is 2.79. The largest absolute Gasteiger partial charge is 0.493 e. The molecule has 2 aromatic rings. The molecule has 5 heteroatoms. The summed E-state index contributed by atoms with van der Waals surface area (Å²) in [6, 6.07) is 5.49. The van der Waals surface area contributed by atoms with Crippen molar-refractivity contribution in [3.8, 4) is 11.5 Å². The minimum Gasteiger partial charge on any atom is -0.493 e. The molecule has 2 N–H and O–H groups in total. The second kappa shape index (κ2) is 6.43. The molecule has 0 saturated heterocycles. The van der Waals surface area contributed by atoms with Crippen molar-refractivity contribution < 1.29 is 9.47 Å². The van der Waals surface area contributed by atoms with E-state index in [0.29, 0.717) is 24.7 Å². The number of nitrogen functional groups attached to an aromatic ring is 1. The van der Waals surface area contributed by atoms with Gasteiger partial charge in [-0.05, 0) is 26.0 Å². The summed E-state index contributed by atoms with van der Waals surface area (Å²) in [7, 11) is 0. The number of nitrogens with two attached hydrogens (primary N) is 1. The Bertz CT molecular complexity index is 540. The number of thiazole rings is 1. The summed E-state index contributed by atoms with van der Waals surface area (Å²) in [6.07, 6.45) is 0.866. The molecule has 1 aromatic heterocycles. The first-order valence-corrected chi connectivity index (χ1v) is 7.12. The molecule has 0 spiro atoms. The van der Waals surface area contributed by atoms with E-state index in [1.54, 1.807) is 17.4 Å². The summed E-state index contributed by atoms with van der Waals surface area (Å²) in [5.41, 5.74) is 9.39. The molecular weight excluding hydrogens is 260 g/mol. The van der Waals surface area contributed by atoms with E-state index in [0.717, 1.165) is 17.9 Å². The van der Waals surface area contributed by atoms with Crippen molar-refractivity contribution >= 4 is 17.0 Å². The van der Waals surface area contributed by atoms with Gasteiger partial charge in [-0.2, -0.15) is 0 Å². The van der Waals surface area contributed by atoms with E-state index < -0.39 is 0 Å². The zero-order chi connectivity index (χ0) is 13.7. The zero-order valence-corrected chi connectivity index (χ0v) is 12.0. The minimum atomic E-state index is 0.591. The maximum Gasteiger partial charge on any atom is 0.145 e. The molecule has 0 bridgehead atoms. The second-order valence-corrected chi connectivity index (χ2v) is 5.03. The lowest BCUT2D eigenvalue weighted by Crippen LogP contribution is -2.02. The van der Waals surface area contributed by atoms with E-state index in [-0.39, 0.29) is 0 Å². The minimum absolute atomic E-state index is 0.591. The van der Waals surface area contributed by atoms with Crippen LogP contribution in [0.4, 0.5) is 5.69 Å². The van der Waals surface area contributed by atoms with E-state index in [9.17, 15) is 0 Å². The van der Waals surface area contributed by atoms with Gasteiger partial charge in [0, 0.05) is 17.4 Å². The van der Waals surface area contributed by atoms with Crippen molar-refractivity contribution in [1.82, 2.24) is 4.98 Å². The second-order valence-electron chi connectivity index (χ2n) is 4.09. The van der Waals surface area contributed by atoms with E-state index >= 15 is 0 Å². The fourth-order valence-electron chi connectivity index (χ4n) is 1.71. The third-order valence-electron chi connectivity index (χ3n) is 2.73. The van der Waals surface area contributed by atoms with Gasteiger partial charge in [0.25, 0.3) is 0 Å². The maximum atomic E-state index is 5.81. The fraction of sp³-hybridized carbons (Fsp3) is 0.357. The molecule has 0 unspecified atom stereocenters. The molecule has 0 radical (unpaired) electrons. The van der Waals surface area contributed by atoms with Gasteiger partial charge < -0.3 is 15.2 Å². The van der Waals surface area contributed by atoms with Gasteiger partial charge in [-0.1, -0.05) is 0 Å². The van der Waals surface area contributed by atoms with Gasteiger partial charge in [0.15, 0.2) is 0 Å². The van der Waals surface area contributed by atoms with Crippen molar-refractivity contribution in [3.63, 3.8) is 0 Å². The molecule has 1 heterocycles. The number of benzene rings is 1. The first-order chi connectivity index (χ1) is 9.20. The van der Waals surface area contributed by atoms with Crippen LogP contribution in [0.1, 0.15) is 17.5 Å². The van der Waals surface area contributed by atoms with Crippen LogP contribution in [0.15, 0.2) is 23.7 Å². The summed E-state index contributed by atoms with van der Waals surface area (Å²) < 4.78 is 11.2. The third-order valence-corrected chi connectivity index (χ3v) is 3.72. The molecule has 2 rings (SSSR count). The van der Waals surface area contributed by atoms with Gasteiger partial charge in [-0.3, -0.25) is 0 Å². The van der Waals surface area contributed by atoms with E-state index in [2.05, 4.69) is 4.98 Å². The Kier molecular flexibility index (Phi) is 4.63. The van der Waals surface area contributed by atoms with Crippen LogP contribution < -0.4 is 15.2 Å². The van der Waals surface area contributed by atoms with Gasteiger partial charge in [-0.25, -0.2) is 4.98 Å². The quantitative estimate of drug-likeness (QED) is 0.825. The Morgan fingerprint density at radius 3 is 2.84 bits per heavy atom. The molecule has 0 aliphatic heterocycles. The van der Waals surface area contributed by atoms with Crippen molar-refractivity contribution in [2.45, 2.75) is 20.3 Å². The Hall–Kier alpha value is -1.75. The van der Waals surface area contributed by atoms with Crippen LogP contribution in [-0.2, 0) is 6.42 Å². The number of anilines is 1. The summed E-state index contributed by atoms with van der Waals surface area (Å²) in [6.45, 7) is 5.16. The van der Waals surface area contributed by atoms with Crippen molar-refractivity contribution in [2.24, 2.45) is 0 Å². The number of nitrogens with zero attached hydrogens (tertiary/aromatic N) is 1. The summed E-state index contributed by atoms with van der Waals surface area (Å²) in [5, 5.41) is 0. The summed E-state index contributed by atoms with van der Waals surface area (Å²) in [4.78, 5) is 5.48. The van der Waals surface area contributed by atoms with Crippen LogP contribution in [0.5, 0.6) is 11.5 Å². The van der Waals surface area contributed by atoms with Crippen LogP contribution in [0, 0.1) is 6.92 Å². The molecule has 0 fully saturated rings. The molecular formula is C14H18N2O2S. The predicted octanol–water partition coefficient (Wildman–Crippen LogP) is 3.05. The highest BCUT2D eigenvalue weighted by atomic mass is 32.1. The van der Waals surface area contributed by atoms with Gasteiger partial charge in [-0.15, -0.1) is 11.3 Å². The third kappa shape index (κ3) is 3.61. The number of rotatable bonds is 6. The van der Waals surface area contributed by atoms with E-state index in [4.69, 9.17) is 15.2 Å². The molecule has 4 nitrogen and oxygen atoms in total. The summed E-state index contributed by atoms with van der Waals surface area (Å²) >= 11 is 1.66. The zero-order valence-electron chi connectivity index (χ0n) is 11.2.